The minimum absolute atomic E-state index is 0.0367. The topological polar surface area (TPSA) is 143 Å². The molecule has 0 radical (unpaired) electrons. The summed E-state index contributed by atoms with van der Waals surface area (Å²) in [7, 11) is 0. The van der Waals surface area contributed by atoms with Crippen molar-refractivity contribution in [1.82, 2.24) is 40.0 Å². The zero-order valence-corrected chi connectivity index (χ0v) is 35.0. The molecule has 2 aliphatic carbocycles. The largest absolute Gasteiger partial charge is 0.378 e. The molecule has 13 nitrogen and oxygen atoms in total. The number of nitrogens with one attached hydrogen (secondary N) is 3. The summed E-state index contributed by atoms with van der Waals surface area (Å²) in [6, 6.07) is 3.80. The highest BCUT2D eigenvalue weighted by Crippen LogP contribution is 2.58. The number of likely N-dealkylation sites (tertiary alicyclic amines) is 2. The van der Waals surface area contributed by atoms with Crippen LogP contribution in [0.25, 0.3) is 11.3 Å². The lowest BCUT2D eigenvalue weighted by atomic mass is 9.85. The summed E-state index contributed by atoms with van der Waals surface area (Å²) in [6.45, 7) is 13.8. The van der Waals surface area contributed by atoms with Crippen LogP contribution in [0, 0.1) is 11.8 Å². The van der Waals surface area contributed by atoms with Gasteiger partial charge in [0.25, 0.3) is 0 Å². The molecule has 13 heteroatoms. The Bertz CT molecular complexity index is 1970. The Morgan fingerprint density at radius 1 is 0.776 bits per heavy atom. The normalized spacial score (nSPS) is 25.3. The standard InChI is InChI=1S/C45H63N9O4/c1-27(2)23-38(55)53-15-5-7-36(53)42-46-25-33(48-42)29-13-17-51(18-14-29)35-12-11-32(39-30-9-10-31(24-30)40(35)39)34-26-47-43(49-34)37-8-6-16-54(37)44(56)41(28(3)4)50-45(57)52-19-21-58-22-20-52/h11-12,25-31,36-37,41H,5-10,13-24H2,1-4H3,(H,46,48)(H,47,49)(H,50,57)/t30?,31?,36-,37-,41-/m0/s1. The Morgan fingerprint density at radius 2 is 1.45 bits per heavy atom. The molecule has 1 aromatic carbocycles. The summed E-state index contributed by atoms with van der Waals surface area (Å²) >= 11 is 0. The number of piperidine rings is 1. The number of hydrogen-bond acceptors (Lipinski definition) is 7. The lowest BCUT2D eigenvalue weighted by Crippen LogP contribution is -2.55. The van der Waals surface area contributed by atoms with E-state index >= 15 is 0 Å². The third kappa shape index (κ3) is 7.41. The van der Waals surface area contributed by atoms with Crippen LogP contribution in [-0.4, -0.2) is 111 Å². The number of amides is 4. The second-order valence-electron chi connectivity index (χ2n) is 18.6. The Kier molecular flexibility index (Phi) is 11.0. The molecule has 2 aromatic heterocycles. The number of rotatable bonds is 10. The van der Waals surface area contributed by atoms with Crippen LogP contribution in [0.4, 0.5) is 10.5 Å². The molecule has 2 bridgehead atoms. The highest BCUT2D eigenvalue weighted by Gasteiger charge is 2.43. The average Bonchev–Trinajstić information content (AvgIpc) is 4.09. The molecule has 9 rings (SSSR count). The Hall–Kier alpha value is -4.39. The predicted molar refractivity (Wildman–Crippen MR) is 223 cm³/mol. The van der Waals surface area contributed by atoms with Crippen molar-refractivity contribution < 1.29 is 19.1 Å². The van der Waals surface area contributed by atoms with Crippen LogP contribution in [0.2, 0.25) is 0 Å². The quantitative estimate of drug-likeness (QED) is 0.201. The van der Waals surface area contributed by atoms with Crippen molar-refractivity contribution in [2.75, 3.05) is 57.4 Å². The molecule has 58 heavy (non-hydrogen) atoms. The molecule has 0 spiro atoms. The lowest BCUT2D eigenvalue weighted by molar-refractivity contribution is -0.135. The number of ether oxygens (including phenoxy) is 1. The van der Waals surface area contributed by atoms with E-state index in [1.807, 2.05) is 31.1 Å². The smallest absolute Gasteiger partial charge is 0.318 e. The second kappa shape index (κ2) is 16.3. The third-order valence-corrected chi connectivity index (χ3v) is 14.1. The number of morpholine rings is 1. The van der Waals surface area contributed by atoms with Crippen LogP contribution in [0.1, 0.15) is 150 Å². The first-order valence-electron chi connectivity index (χ1n) is 22.4. The van der Waals surface area contributed by atoms with Crippen molar-refractivity contribution in [1.29, 1.82) is 0 Å². The SMILES string of the molecule is CC(C)CC(=O)N1CCC[C@H]1c1ncc(C2CCN(c3ccc(-c4cnc([C@@H]5CCCN5C(=O)[C@@H](NC(=O)N5CCOCC5)C(C)C)[nH]4)c4c3C3CCC4C3)CC2)[nH]1. The molecule has 4 saturated heterocycles. The van der Waals surface area contributed by atoms with Crippen molar-refractivity contribution in [3.05, 3.63) is 53.0 Å². The summed E-state index contributed by atoms with van der Waals surface area (Å²) in [5, 5.41) is 3.06. The van der Waals surface area contributed by atoms with Crippen LogP contribution in [0.15, 0.2) is 24.5 Å². The highest BCUT2D eigenvalue weighted by molar-refractivity contribution is 5.88. The maximum Gasteiger partial charge on any atom is 0.318 e. The van der Waals surface area contributed by atoms with Gasteiger partial charge in [-0.15, -0.1) is 0 Å². The number of fused-ring (bicyclic) bond motifs is 5. The summed E-state index contributed by atoms with van der Waals surface area (Å²) < 4.78 is 5.42. The highest BCUT2D eigenvalue weighted by atomic mass is 16.5. The van der Waals surface area contributed by atoms with E-state index in [0.29, 0.717) is 62.9 Å². The molecule has 5 fully saturated rings. The van der Waals surface area contributed by atoms with Gasteiger partial charge in [-0.25, -0.2) is 14.8 Å². The summed E-state index contributed by atoms with van der Waals surface area (Å²) in [4.78, 5) is 65.8. The second-order valence-corrected chi connectivity index (χ2v) is 18.6. The molecular formula is C45H63N9O4. The molecule has 1 saturated carbocycles. The van der Waals surface area contributed by atoms with E-state index in [4.69, 9.17) is 14.7 Å². The van der Waals surface area contributed by atoms with E-state index in [9.17, 15) is 14.4 Å². The third-order valence-electron chi connectivity index (χ3n) is 14.1. The number of imidazole rings is 2. The van der Waals surface area contributed by atoms with Gasteiger partial charge in [0, 0.05) is 74.7 Å². The molecule has 312 valence electrons. The van der Waals surface area contributed by atoms with Crippen molar-refractivity contribution in [2.24, 2.45) is 11.8 Å². The van der Waals surface area contributed by atoms with Gasteiger partial charge in [-0.2, -0.15) is 0 Å². The number of aromatic amines is 2. The van der Waals surface area contributed by atoms with Crippen molar-refractivity contribution in [2.45, 2.75) is 128 Å². The maximum absolute atomic E-state index is 14.1. The fraction of sp³-hybridized carbons (Fsp3) is 0.667. The molecule has 5 atom stereocenters. The van der Waals surface area contributed by atoms with Crippen LogP contribution in [0.3, 0.4) is 0 Å². The average molecular weight is 794 g/mol. The number of urea groups is 1. The zero-order valence-electron chi connectivity index (χ0n) is 35.0. The van der Waals surface area contributed by atoms with Crippen molar-refractivity contribution in [3.8, 4) is 11.3 Å². The van der Waals surface area contributed by atoms with Gasteiger partial charge in [0.1, 0.15) is 17.7 Å². The van der Waals surface area contributed by atoms with E-state index in [1.54, 1.807) is 10.5 Å². The Labute approximate surface area is 343 Å². The van der Waals surface area contributed by atoms with E-state index in [2.05, 4.69) is 51.1 Å². The van der Waals surface area contributed by atoms with Crippen LogP contribution in [0.5, 0.6) is 0 Å². The summed E-state index contributed by atoms with van der Waals surface area (Å²) in [5.74, 6) is 3.91. The first-order valence-corrected chi connectivity index (χ1v) is 22.4. The minimum atomic E-state index is -0.604. The molecule has 3 N–H and O–H groups in total. The summed E-state index contributed by atoms with van der Waals surface area (Å²) in [5.41, 5.74) is 7.96. The van der Waals surface area contributed by atoms with Gasteiger partial charge in [-0.3, -0.25) is 9.59 Å². The number of benzene rings is 1. The monoisotopic (exact) mass is 794 g/mol. The van der Waals surface area contributed by atoms with E-state index in [0.717, 1.165) is 75.5 Å². The van der Waals surface area contributed by atoms with E-state index in [-0.39, 0.29) is 35.8 Å². The predicted octanol–water partition coefficient (Wildman–Crippen LogP) is 6.99. The van der Waals surface area contributed by atoms with Crippen LogP contribution >= 0.6 is 0 Å². The van der Waals surface area contributed by atoms with Gasteiger partial charge in [-0.05, 0) is 98.7 Å². The fourth-order valence-electron chi connectivity index (χ4n) is 11.1. The number of carbonyl (C=O) groups is 3. The van der Waals surface area contributed by atoms with Gasteiger partial charge in [0.05, 0.1) is 37.2 Å². The van der Waals surface area contributed by atoms with E-state index in [1.165, 1.54) is 41.8 Å². The van der Waals surface area contributed by atoms with E-state index < -0.39 is 6.04 Å². The number of anilines is 1. The number of nitrogens with zero attached hydrogens (tertiary/aromatic N) is 6. The molecule has 4 aliphatic heterocycles. The van der Waals surface area contributed by atoms with Crippen LogP contribution in [-0.2, 0) is 14.3 Å². The van der Waals surface area contributed by atoms with Gasteiger partial charge < -0.3 is 39.6 Å². The minimum Gasteiger partial charge on any atom is -0.378 e. The van der Waals surface area contributed by atoms with Crippen LogP contribution < -0.4 is 10.2 Å². The van der Waals surface area contributed by atoms with Gasteiger partial charge in [0.15, 0.2) is 0 Å². The summed E-state index contributed by atoms with van der Waals surface area (Å²) in [6.07, 6.45) is 14.2. The Balaban J connectivity index is 0.885. The number of carbonyl (C=O) groups excluding carboxylic acids is 3. The molecule has 6 aliphatic rings. The lowest BCUT2D eigenvalue weighted by Gasteiger charge is -2.36. The molecule has 6 heterocycles. The van der Waals surface area contributed by atoms with Crippen molar-refractivity contribution >= 4 is 23.5 Å². The first-order chi connectivity index (χ1) is 28.1. The van der Waals surface area contributed by atoms with Gasteiger partial charge in [-0.1, -0.05) is 33.8 Å². The molecule has 2 unspecified atom stereocenters. The number of hydrogen-bond donors (Lipinski definition) is 3. The fourth-order valence-corrected chi connectivity index (χ4v) is 11.1. The zero-order chi connectivity index (χ0) is 40.1. The number of H-pyrrole nitrogens is 2. The van der Waals surface area contributed by atoms with Gasteiger partial charge >= 0.3 is 6.03 Å². The Morgan fingerprint density at radius 3 is 2.17 bits per heavy atom. The molecule has 3 aromatic rings. The van der Waals surface area contributed by atoms with Gasteiger partial charge in [0.2, 0.25) is 11.8 Å². The number of aromatic nitrogens is 4. The molecule has 4 amide bonds. The van der Waals surface area contributed by atoms with Crippen molar-refractivity contribution in [3.63, 3.8) is 0 Å². The maximum atomic E-state index is 14.1. The first kappa shape index (κ1) is 39.1. The molecular weight excluding hydrogens is 731 g/mol.